The highest BCUT2D eigenvalue weighted by Gasteiger charge is 2.23. The molecule has 1 N–H and O–H groups in total. The number of amides is 2. The largest absolute Gasteiger partial charge is 0.370 e. The second-order valence-corrected chi connectivity index (χ2v) is 7.46. The molecule has 158 valence electrons. The van der Waals surface area contributed by atoms with E-state index < -0.39 is 5.82 Å². The number of halogens is 1. The van der Waals surface area contributed by atoms with Crippen molar-refractivity contribution in [1.82, 2.24) is 14.9 Å². The highest BCUT2D eigenvalue weighted by Crippen LogP contribution is 2.27. The van der Waals surface area contributed by atoms with E-state index in [1.165, 1.54) is 0 Å². The smallest absolute Gasteiger partial charge is 0.253 e. The quantitative estimate of drug-likeness (QED) is 0.826. The van der Waals surface area contributed by atoms with Crippen LogP contribution in [0.1, 0.15) is 19.8 Å². The molecule has 2 aliphatic heterocycles. The lowest BCUT2D eigenvalue weighted by Gasteiger charge is -2.31. The molecule has 0 radical (unpaired) electrons. The topological polar surface area (TPSA) is 87.7 Å². The third kappa shape index (κ3) is 4.40. The SMILES string of the molecule is CC(=O)N1CCC(Nc2ncc(F)c(-c3cccc(N4CCOCC4=O)c3)n2)CC1. The van der Waals surface area contributed by atoms with Crippen molar-refractivity contribution in [3.8, 4) is 11.3 Å². The lowest BCUT2D eigenvalue weighted by atomic mass is 10.1. The molecule has 2 fully saturated rings. The minimum absolute atomic E-state index is 0.0443. The second kappa shape index (κ2) is 8.74. The Morgan fingerprint density at radius 2 is 2.07 bits per heavy atom. The fourth-order valence-electron chi connectivity index (χ4n) is 3.77. The number of anilines is 2. The van der Waals surface area contributed by atoms with Gasteiger partial charge in [-0.05, 0) is 25.0 Å². The van der Waals surface area contributed by atoms with Crippen LogP contribution in [-0.2, 0) is 14.3 Å². The van der Waals surface area contributed by atoms with Crippen molar-refractivity contribution in [2.24, 2.45) is 0 Å². The summed E-state index contributed by atoms with van der Waals surface area (Å²) in [5.41, 5.74) is 1.43. The Morgan fingerprint density at radius 1 is 1.27 bits per heavy atom. The van der Waals surface area contributed by atoms with Crippen molar-refractivity contribution in [3.05, 3.63) is 36.3 Å². The van der Waals surface area contributed by atoms with Crippen LogP contribution < -0.4 is 10.2 Å². The van der Waals surface area contributed by atoms with Crippen molar-refractivity contribution in [1.29, 1.82) is 0 Å². The van der Waals surface area contributed by atoms with Crippen LogP contribution in [-0.4, -0.2) is 65.6 Å². The molecule has 30 heavy (non-hydrogen) atoms. The summed E-state index contributed by atoms with van der Waals surface area (Å²) in [4.78, 5) is 35.5. The Balaban J connectivity index is 1.52. The maximum atomic E-state index is 14.5. The molecule has 0 saturated carbocycles. The summed E-state index contributed by atoms with van der Waals surface area (Å²) in [6, 6.07) is 7.22. The van der Waals surface area contributed by atoms with Crippen LogP contribution in [0.3, 0.4) is 0 Å². The fraction of sp³-hybridized carbons (Fsp3) is 0.429. The van der Waals surface area contributed by atoms with Crippen LogP contribution in [0, 0.1) is 5.82 Å². The molecule has 2 saturated heterocycles. The van der Waals surface area contributed by atoms with Gasteiger partial charge in [-0.1, -0.05) is 12.1 Å². The van der Waals surface area contributed by atoms with Gasteiger partial charge in [-0.3, -0.25) is 9.59 Å². The van der Waals surface area contributed by atoms with E-state index in [0.29, 0.717) is 43.4 Å². The normalized spacial score (nSPS) is 17.9. The zero-order valence-electron chi connectivity index (χ0n) is 16.8. The maximum Gasteiger partial charge on any atom is 0.253 e. The third-order valence-electron chi connectivity index (χ3n) is 5.43. The van der Waals surface area contributed by atoms with Gasteiger partial charge >= 0.3 is 0 Å². The van der Waals surface area contributed by atoms with Crippen LogP contribution in [0.4, 0.5) is 16.0 Å². The zero-order valence-corrected chi connectivity index (χ0v) is 16.8. The molecule has 3 heterocycles. The lowest BCUT2D eigenvalue weighted by Crippen LogP contribution is -2.41. The molecule has 0 atom stereocenters. The van der Waals surface area contributed by atoms with Crippen LogP contribution in [0.2, 0.25) is 0 Å². The molecule has 2 aliphatic rings. The van der Waals surface area contributed by atoms with Crippen molar-refractivity contribution in [2.45, 2.75) is 25.8 Å². The number of hydrogen-bond donors (Lipinski definition) is 1. The lowest BCUT2D eigenvalue weighted by molar-refractivity contribution is -0.129. The Morgan fingerprint density at radius 3 is 2.80 bits per heavy atom. The number of piperidine rings is 1. The predicted molar refractivity (Wildman–Crippen MR) is 109 cm³/mol. The Kier molecular flexibility index (Phi) is 5.89. The first-order valence-electron chi connectivity index (χ1n) is 10.0. The number of carbonyl (C=O) groups is 2. The van der Waals surface area contributed by atoms with Gasteiger partial charge in [0.2, 0.25) is 11.9 Å². The van der Waals surface area contributed by atoms with Gasteiger partial charge in [-0.15, -0.1) is 0 Å². The Labute approximate surface area is 174 Å². The number of aromatic nitrogens is 2. The summed E-state index contributed by atoms with van der Waals surface area (Å²) in [5.74, 6) is -0.230. The van der Waals surface area contributed by atoms with Gasteiger partial charge in [0, 0.05) is 43.9 Å². The highest BCUT2D eigenvalue weighted by atomic mass is 19.1. The first-order valence-corrected chi connectivity index (χ1v) is 10.0. The minimum Gasteiger partial charge on any atom is -0.370 e. The van der Waals surface area contributed by atoms with Gasteiger partial charge in [0.05, 0.1) is 12.8 Å². The molecule has 0 spiro atoms. The van der Waals surface area contributed by atoms with Gasteiger partial charge in [-0.2, -0.15) is 0 Å². The number of nitrogens with one attached hydrogen (secondary N) is 1. The van der Waals surface area contributed by atoms with Crippen LogP contribution in [0.15, 0.2) is 30.5 Å². The van der Waals surface area contributed by atoms with E-state index in [1.54, 1.807) is 30.0 Å². The van der Waals surface area contributed by atoms with Gasteiger partial charge in [0.1, 0.15) is 12.3 Å². The standard InChI is InChI=1S/C21H24FN5O3/c1-14(28)26-7-5-16(6-8-26)24-21-23-12-18(22)20(25-21)15-3-2-4-17(11-15)27-9-10-30-13-19(27)29/h2-4,11-12,16H,5-10,13H2,1H3,(H,23,24,25). The monoisotopic (exact) mass is 413 g/mol. The van der Waals surface area contributed by atoms with Crippen molar-refractivity contribution in [2.75, 3.05) is 43.1 Å². The number of likely N-dealkylation sites (tertiary alicyclic amines) is 1. The first kappa shape index (κ1) is 20.2. The van der Waals surface area contributed by atoms with Gasteiger partial charge in [-0.25, -0.2) is 14.4 Å². The highest BCUT2D eigenvalue weighted by molar-refractivity contribution is 5.95. The average Bonchev–Trinajstić information content (AvgIpc) is 2.76. The van der Waals surface area contributed by atoms with E-state index in [1.807, 2.05) is 11.0 Å². The van der Waals surface area contributed by atoms with Crippen LogP contribution >= 0.6 is 0 Å². The van der Waals surface area contributed by atoms with Crippen LogP contribution in [0.25, 0.3) is 11.3 Å². The summed E-state index contributed by atoms with van der Waals surface area (Å²) in [6.45, 7) is 3.90. The number of ether oxygens (including phenoxy) is 1. The van der Waals surface area contributed by atoms with E-state index in [0.717, 1.165) is 19.0 Å². The summed E-state index contributed by atoms with van der Waals surface area (Å²) < 4.78 is 19.7. The van der Waals surface area contributed by atoms with Crippen molar-refractivity contribution < 1.29 is 18.7 Å². The molecule has 9 heteroatoms. The molecule has 0 aliphatic carbocycles. The number of nitrogens with zero attached hydrogens (tertiary/aromatic N) is 4. The first-order chi connectivity index (χ1) is 14.5. The summed E-state index contributed by atoms with van der Waals surface area (Å²) in [7, 11) is 0. The molecule has 2 amide bonds. The fourth-order valence-corrected chi connectivity index (χ4v) is 3.77. The molecule has 1 aromatic heterocycles. The summed E-state index contributed by atoms with van der Waals surface area (Å²) in [6.07, 6.45) is 2.72. The Bertz CT molecular complexity index is 946. The molecule has 0 bridgehead atoms. The molecule has 8 nitrogen and oxygen atoms in total. The molecule has 0 unspecified atom stereocenters. The summed E-state index contributed by atoms with van der Waals surface area (Å²) in [5, 5.41) is 3.25. The Hall–Kier alpha value is -3.07. The van der Waals surface area contributed by atoms with E-state index >= 15 is 0 Å². The molecule has 1 aromatic carbocycles. The number of hydrogen-bond acceptors (Lipinski definition) is 6. The van der Waals surface area contributed by atoms with E-state index in [2.05, 4.69) is 15.3 Å². The molecule has 4 rings (SSSR count). The number of carbonyl (C=O) groups excluding carboxylic acids is 2. The maximum absolute atomic E-state index is 14.5. The van der Waals surface area contributed by atoms with Gasteiger partial charge in [0.15, 0.2) is 5.82 Å². The third-order valence-corrected chi connectivity index (χ3v) is 5.43. The van der Waals surface area contributed by atoms with Crippen LogP contribution in [0.5, 0.6) is 0 Å². The number of benzene rings is 1. The number of morpholine rings is 1. The van der Waals surface area contributed by atoms with Gasteiger partial charge < -0.3 is 19.9 Å². The molecular weight excluding hydrogens is 389 g/mol. The summed E-state index contributed by atoms with van der Waals surface area (Å²) >= 11 is 0. The zero-order chi connectivity index (χ0) is 21.1. The van der Waals surface area contributed by atoms with Crippen molar-refractivity contribution >= 4 is 23.5 Å². The van der Waals surface area contributed by atoms with E-state index in [9.17, 15) is 14.0 Å². The van der Waals surface area contributed by atoms with E-state index in [-0.39, 0.29) is 30.2 Å². The minimum atomic E-state index is -0.530. The second-order valence-electron chi connectivity index (χ2n) is 7.46. The predicted octanol–water partition coefficient (Wildman–Crippen LogP) is 2.07. The number of rotatable bonds is 4. The molecule has 2 aromatic rings. The molecular formula is C21H24FN5O3. The van der Waals surface area contributed by atoms with Crippen molar-refractivity contribution in [3.63, 3.8) is 0 Å². The van der Waals surface area contributed by atoms with E-state index in [4.69, 9.17) is 4.74 Å². The van der Waals surface area contributed by atoms with Gasteiger partial charge in [0.25, 0.3) is 5.91 Å². The average molecular weight is 413 g/mol.